The topological polar surface area (TPSA) is 68.8 Å². The van der Waals surface area contributed by atoms with Gasteiger partial charge in [-0.2, -0.15) is 0 Å². The van der Waals surface area contributed by atoms with Gasteiger partial charge >= 0.3 is 5.97 Å². The molecule has 0 saturated carbocycles. The van der Waals surface area contributed by atoms with Gasteiger partial charge in [-0.15, -0.1) is 0 Å². The Morgan fingerprint density at radius 3 is 2.53 bits per heavy atom. The number of aryl methyl sites for hydroxylation is 1. The molecule has 4 rings (SSSR count). The number of carbonyl (C=O) groups excluding carboxylic acids is 2. The number of piperidine rings is 1. The second-order valence-electron chi connectivity index (χ2n) is 8.96. The van der Waals surface area contributed by atoms with Crippen LogP contribution in [0.15, 0.2) is 36.5 Å². The Morgan fingerprint density at radius 1 is 1.18 bits per heavy atom. The summed E-state index contributed by atoms with van der Waals surface area (Å²) in [5, 5.41) is 0. The highest BCUT2D eigenvalue weighted by Gasteiger charge is 2.27. The Morgan fingerprint density at radius 2 is 1.88 bits per heavy atom. The van der Waals surface area contributed by atoms with E-state index in [2.05, 4.69) is 25.4 Å². The molecule has 0 bridgehead atoms. The zero-order valence-corrected chi connectivity index (χ0v) is 20.0. The third kappa shape index (κ3) is 4.87. The molecule has 2 aromatic heterocycles. The summed E-state index contributed by atoms with van der Waals surface area (Å²) in [5.41, 5.74) is 5.61. The average molecular weight is 459 g/mol. The van der Waals surface area contributed by atoms with Crippen molar-refractivity contribution in [1.29, 1.82) is 0 Å². The van der Waals surface area contributed by atoms with Crippen LogP contribution in [0.5, 0.6) is 0 Å². The lowest BCUT2D eigenvalue weighted by atomic mass is 9.93. The van der Waals surface area contributed by atoms with E-state index in [0.717, 1.165) is 48.4 Å². The van der Waals surface area contributed by atoms with E-state index < -0.39 is 0 Å². The summed E-state index contributed by atoms with van der Waals surface area (Å²) in [7, 11) is 0. The third-order valence-electron chi connectivity index (χ3n) is 6.53. The van der Waals surface area contributed by atoms with Crippen LogP contribution >= 0.6 is 0 Å². The number of carbonyl (C=O) groups is 2. The standard InChI is InChI=1S/C27H30N4O3/c1-5-34-25(33)15-20-10-12-30(13-11-20)17-24(32)26-19(3)31(22-8-6-21(28-4)7-9-22)23-14-18(2)16-29-27(23)26/h6-9,14,16,20H,5,10-13,15,17H2,1-3H3. The summed E-state index contributed by atoms with van der Waals surface area (Å²) in [6, 6.07) is 9.45. The van der Waals surface area contributed by atoms with Gasteiger partial charge in [-0.25, -0.2) is 4.85 Å². The van der Waals surface area contributed by atoms with Crippen LogP contribution in [0.1, 0.15) is 47.8 Å². The van der Waals surface area contributed by atoms with Gasteiger partial charge in [0.15, 0.2) is 11.5 Å². The summed E-state index contributed by atoms with van der Waals surface area (Å²) >= 11 is 0. The molecule has 0 unspecified atom stereocenters. The minimum atomic E-state index is -0.133. The minimum absolute atomic E-state index is 0.0548. The highest BCUT2D eigenvalue weighted by molar-refractivity contribution is 6.09. The Hall–Kier alpha value is -3.50. The molecule has 0 amide bonds. The molecule has 3 heterocycles. The van der Waals surface area contributed by atoms with E-state index in [1.165, 1.54) is 0 Å². The molecule has 0 radical (unpaired) electrons. The van der Waals surface area contributed by atoms with Gasteiger partial charge in [-0.05, 0) is 76.4 Å². The fourth-order valence-corrected chi connectivity index (χ4v) is 4.81. The van der Waals surface area contributed by atoms with Crippen molar-refractivity contribution in [3.8, 4) is 5.69 Å². The molecular weight excluding hydrogens is 428 g/mol. The maximum atomic E-state index is 13.5. The van der Waals surface area contributed by atoms with Crippen LogP contribution in [0.2, 0.25) is 0 Å². The van der Waals surface area contributed by atoms with E-state index in [1.54, 1.807) is 18.3 Å². The second kappa shape index (κ2) is 10.2. The predicted octanol–water partition coefficient (Wildman–Crippen LogP) is 5.04. The number of nitrogens with zero attached hydrogens (tertiary/aromatic N) is 4. The zero-order chi connectivity index (χ0) is 24.2. The fraction of sp³-hybridized carbons (Fsp3) is 0.407. The van der Waals surface area contributed by atoms with Gasteiger partial charge in [0.05, 0.1) is 36.3 Å². The van der Waals surface area contributed by atoms with Crippen molar-refractivity contribution in [2.24, 2.45) is 5.92 Å². The number of pyridine rings is 1. The molecule has 0 N–H and O–H groups in total. The second-order valence-corrected chi connectivity index (χ2v) is 8.96. The van der Waals surface area contributed by atoms with Crippen LogP contribution in [0.25, 0.3) is 21.6 Å². The zero-order valence-electron chi connectivity index (χ0n) is 20.0. The first-order valence-electron chi connectivity index (χ1n) is 11.8. The number of fused-ring (bicyclic) bond motifs is 1. The maximum absolute atomic E-state index is 13.5. The van der Waals surface area contributed by atoms with Gasteiger partial charge in [0.2, 0.25) is 0 Å². The van der Waals surface area contributed by atoms with Crippen molar-refractivity contribution in [2.75, 3.05) is 26.2 Å². The summed E-state index contributed by atoms with van der Waals surface area (Å²) in [4.78, 5) is 35.6. The molecule has 1 aliphatic heterocycles. The molecule has 7 heteroatoms. The summed E-state index contributed by atoms with van der Waals surface area (Å²) in [6.45, 7) is 15.3. The molecule has 1 aliphatic rings. The van der Waals surface area contributed by atoms with Gasteiger partial charge in [-0.3, -0.25) is 19.5 Å². The molecule has 0 atom stereocenters. The molecule has 0 aliphatic carbocycles. The number of benzene rings is 1. The van der Waals surface area contributed by atoms with Crippen molar-refractivity contribution in [3.63, 3.8) is 0 Å². The largest absolute Gasteiger partial charge is 0.466 e. The Kier molecular flexibility index (Phi) is 7.09. The van der Waals surface area contributed by atoms with Crippen molar-refractivity contribution < 1.29 is 14.3 Å². The number of Topliss-reactive ketones (excluding diaryl/α,β-unsaturated/α-hetero) is 1. The van der Waals surface area contributed by atoms with E-state index in [-0.39, 0.29) is 11.8 Å². The van der Waals surface area contributed by atoms with Crippen molar-refractivity contribution in [2.45, 2.75) is 40.0 Å². The highest BCUT2D eigenvalue weighted by atomic mass is 16.5. The molecule has 1 fully saturated rings. The number of rotatable bonds is 7. The monoisotopic (exact) mass is 458 g/mol. The van der Waals surface area contributed by atoms with Gasteiger partial charge in [0.25, 0.3) is 0 Å². The number of hydrogen-bond acceptors (Lipinski definition) is 5. The number of aromatic nitrogens is 2. The molecule has 1 aromatic carbocycles. The first-order chi connectivity index (χ1) is 16.4. The van der Waals surface area contributed by atoms with Gasteiger partial charge in [-0.1, -0.05) is 12.1 Å². The summed E-state index contributed by atoms with van der Waals surface area (Å²) in [6.07, 6.45) is 4.03. The van der Waals surface area contributed by atoms with E-state index in [1.807, 2.05) is 32.9 Å². The Balaban J connectivity index is 1.56. The number of likely N-dealkylation sites (tertiary alicyclic amines) is 1. The normalized spacial score (nSPS) is 14.8. The van der Waals surface area contributed by atoms with Crippen LogP contribution in [-0.4, -0.2) is 52.4 Å². The molecule has 7 nitrogen and oxygen atoms in total. The first kappa shape index (κ1) is 23.7. The third-order valence-corrected chi connectivity index (χ3v) is 6.53. The van der Waals surface area contributed by atoms with Crippen LogP contribution in [0.3, 0.4) is 0 Å². The Labute approximate surface area is 200 Å². The van der Waals surface area contributed by atoms with Crippen LogP contribution in [-0.2, 0) is 9.53 Å². The van der Waals surface area contributed by atoms with Gasteiger partial charge in [0.1, 0.15) is 0 Å². The van der Waals surface area contributed by atoms with Crippen molar-refractivity contribution in [1.82, 2.24) is 14.5 Å². The maximum Gasteiger partial charge on any atom is 0.306 e. The smallest absolute Gasteiger partial charge is 0.306 e. The van der Waals surface area contributed by atoms with Crippen molar-refractivity contribution in [3.05, 3.63) is 64.8 Å². The van der Waals surface area contributed by atoms with E-state index in [4.69, 9.17) is 11.3 Å². The average Bonchev–Trinajstić information content (AvgIpc) is 3.11. The lowest BCUT2D eigenvalue weighted by Gasteiger charge is -2.31. The van der Waals surface area contributed by atoms with Crippen LogP contribution in [0.4, 0.5) is 5.69 Å². The molecular formula is C27H30N4O3. The molecule has 1 saturated heterocycles. The van der Waals surface area contributed by atoms with Crippen molar-refractivity contribution >= 4 is 28.5 Å². The lowest BCUT2D eigenvalue weighted by Crippen LogP contribution is -2.38. The molecule has 34 heavy (non-hydrogen) atoms. The van der Waals surface area contributed by atoms with Gasteiger partial charge < -0.3 is 9.30 Å². The van der Waals surface area contributed by atoms with Crippen LogP contribution < -0.4 is 0 Å². The van der Waals surface area contributed by atoms with E-state index >= 15 is 0 Å². The molecule has 0 spiro atoms. The number of esters is 1. The quantitative estimate of drug-likeness (QED) is 0.282. The minimum Gasteiger partial charge on any atom is -0.466 e. The van der Waals surface area contributed by atoms with Crippen LogP contribution in [0, 0.1) is 26.3 Å². The number of hydrogen-bond donors (Lipinski definition) is 0. The fourth-order valence-electron chi connectivity index (χ4n) is 4.81. The van der Waals surface area contributed by atoms with E-state index in [0.29, 0.717) is 42.3 Å². The van der Waals surface area contributed by atoms with Gasteiger partial charge in [0, 0.05) is 24.0 Å². The molecule has 176 valence electrons. The summed E-state index contributed by atoms with van der Waals surface area (Å²) in [5.74, 6) is 0.239. The molecule has 3 aromatic rings. The SMILES string of the molecule is [C-]#[N+]c1ccc(-n2c(C)c(C(=O)CN3CCC(CC(=O)OCC)CC3)c3ncc(C)cc32)cc1. The number of ketones is 1. The highest BCUT2D eigenvalue weighted by Crippen LogP contribution is 2.30. The summed E-state index contributed by atoms with van der Waals surface area (Å²) < 4.78 is 7.13. The lowest BCUT2D eigenvalue weighted by molar-refractivity contribution is -0.144. The van der Waals surface area contributed by atoms with E-state index in [9.17, 15) is 9.59 Å². The Bertz CT molecular complexity index is 1250. The number of ether oxygens (including phenoxy) is 1. The predicted molar refractivity (Wildman–Crippen MR) is 132 cm³/mol. The first-order valence-corrected chi connectivity index (χ1v) is 11.8.